The molecular formula is C16H17N3O2. The molecule has 1 unspecified atom stereocenters. The summed E-state index contributed by atoms with van der Waals surface area (Å²) in [5.74, 6) is 0.824. The molecule has 0 amide bonds. The van der Waals surface area contributed by atoms with Crippen LogP contribution in [-0.4, -0.2) is 17.1 Å². The average molecular weight is 283 g/mol. The van der Waals surface area contributed by atoms with Crippen molar-refractivity contribution in [2.24, 2.45) is 5.73 Å². The molecule has 0 aliphatic carbocycles. The van der Waals surface area contributed by atoms with E-state index in [2.05, 4.69) is 9.97 Å². The number of rotatable bonds is 4. The lowest BCUT2D eigenvalue weighted by atomic mass is 9.99. The van der Waals surface area contributed by atoms with Gasteiger partial charge in [0.25, 0.3) is 0 Å². The third kappa shape index (κ3) is 2.83. The summed E-state index contributed by atoms with van der Waals surface area (Å²) in [4.78, 5) is 16.7. The number of nitrogens with two attached hydrogens (primary N) is 1. The maximum atomic E-state index is 11.3. The lowest BCUT2D eigenvalue weighted by Crippen LogP contribution is -2.13. The first-order chi connectivity index (χ1) is 10.2. The maximum Gasteiger partial charge on any atom is 0.323 e. The average Bonchev–Trinajstić information content (AvgIpc) is 2.86. The zero-order valence-electron chi connectivity index (χ0n) is 11.7. The van der Waals surface area contributed by atoms with Gasteiger partial charge in [0, 0.05) is 6.04 Å². The highest BCUT2D eigenvalue weighted by atomic mass is 16.5. The Morgan fingerprint density at radius 2 is 1.95 bits per heavy atom. The Morgan fingerprint density at radius 1 is 1.14 bits per heavy atom. The molecule has 0 fully saturated rings. The van der Waals surface area contributed by atoms with Crippen LogP contribution in [0.4, 0.5) is 0 Å². The molecule has 1 heterocycles. The largest absolute Gasteiger partial charge is 0.497 e. The van der Waals surface area contributed by atoms with Crippen LogP contribution in [0, 0.1) is 0 Å². The van der Waals surface area contributed by atoms with E-state index in [4.69, 9.17) is 10.5 Å². The third-order valence-electron chi connectivity index (χ3n) is 3.56. The van der Waals surface area contributed by atoms with Crippen LogP contribution in [0.3, 0.4) is 0 Å². The number of methoxy groups -OCH3 is 1. The summed E-state index contributed by atoms with van der Waals surface area (Å²) in [5.41, 5.74) is 9.74. The number of ether oxygens (including phenoxy) is 1. The number of H-pyrrole nitrogens is 2. The molecule has 2 aromatic carbocycles. The summed E-state index contributed by atoms with van der Waals surface area (Å²) in [5, 5.41) is 0. The molecule has 0 radical (unpaired) electrons. The van der Waals surface area contributed by atoms with E-state index < -0.39 is 0 Å². The fraction of sp³-hybridized carbons (Fsp3) is 0.188. The minimum atomic E-state index is -0.205. The van der Waals surface area contributed by atoms with Gasteiger partial charge in [-0.2, -0.15) is 0 Å². The van der Waals surface area contributed by atoms with Gasteiger partial charge >= 0.3 is 5.69 Å². The zero-order chi connectivity index (χ0) is 14.8. The predicted octanol–water partition coefficient (Wildman–Crippen LogP) is 2.11. The molecule has 108 valence electrons. The first-order valence-electron chi connectivity index (χ1n) is 6.76. The molecule has 1 atom stereocenters. The van der Waals surface area contributed by atoms with Gasteiger partial charge in [0.05, 0.1) is 18.1 Å². The van der Waals surface area contributed by atoms with E-state index in [0.29, 0.717) is 6.42 Å². The van der Waals surface area contributed by atoms with Gasteiger partial charge in [-0.05, 0) is 41.8 Å². The molecule has 0 saturated heterocycles. The van der Waals surface area contributed by atoms with Gasteiger partial charge in [-0.3, -0.25) is 0 Å². The summed E-state index contributed by atoms with van der Waals surface area (Å²) in [6.45, 7) is 0. The van der Waals surface area contributed by atoms with Crippen LogP contribution in [0.25, 0.3) is 11.0 Å². The quantitative estimate of drug-likeness (QED) is 0.685. The third-order valence-corrected chi connectivity index (χ3v) is 3.56. The van der Waals surface area contributed by atoms with E-state index >= 15 is 0 Å². The molecule has 0 spiro atoms. The van der Waals surface area contributed by atoms with Crippen molar-refractivity contribution < 1.29 is 4.74 Å². The Kier molecular flexibility index (Phi) is 3.50. The summed E-state index contributed by atoms with van der Waals surface area (Å²) in [6.07, 6.45) is 0.706. The molecule has 3 rings (SSSR count). The van der Waals surface area contributed by atoms with Gasteiger partial charge in [-0.1, -0.05) is 18.2 Å². The van der Waals surface area contributed by atoms with Crippen molar-refractivity contribution >= 4 is 11.0 Å². The Morgan fingerprint density at radius 3 is 2.76 bits per heavy atom. The molecule has 3 aromatic rings. The van der Waals surface area contributed by atoms with Crippen LogP contribution < -0.4 is 16.2 Å². The van der Waals surface area contributed by atoms with Gasteiger partial charge in [-0.15, -0.1) is 0 Å². The summed E-state index contributed by atoms with van der Waals surface area (Å²) in [7, 11) is 1.65. The van der Waals surface area contributed by atoms with E-state index in [0.717, 1.165) is 27.9 Å². The van der Waals surface area contributed by atoms with Gasteiger partial charge in [-0.25, -0.2) is 4.79 Å². The minimum absolute atomic E-state index is 0.139. The van der Waals surface area contributed by atoms with Gasteiger partial charge in [0.1, 0.15) is 5.75 Å². The lowest BCUT2D eigenvalue weighted by Gasteiger charge is -2.13. The van der Waals surface area contributed by atoms with Crippen molar-refractivity contribution in [2.45, 2.75) is 12.5 Å². The first-order valence-corrected chi connectivity index (χ1v) is 6.76. The Balaban J connectivity index is 1.85. The number of hydrogen-bond donors (Lipinski definition) is 3. The SMILES string of the molecule is COc1cccc(CC(N)c2ccc3[nH]c(=O)[nH]c3c2)c1. The second kappa shape index (κ2) is 5.46. The lowest BCUT2D eigenvalue weighted by molar-refractivity contribution is 0.414. The van der Waals surface area contributed by atoms with E-state index in [-0.39, 0.29) is 11.7 Å². The number of aromatic nitrogens is 2. The molecule has 1 aromatic heterocycles. The maximum absolute atomic E-state index is 11.3. The van der Waals surface area contributed by atoms with E-state index in [9.17, 15) is 4.79 Å². The highest BCUT2D eigenvalue weighted by Crippen LogP contribution is 2.21. The van der Waals surface area contributed by atoms with Crippen molar-refractivity contribution in [2.75, 3.05) is 7.11 Å². The molecule has 0 aliphatic heterocycles. The number of aromatic amines is 2. The second-order valence-electron chi connectivity index (χ2n) is 5.05. The molecule has 4 N–H and O–H groups in total. The highest BCUT2D eigenvalue weighted by Gasteiger charge is 2.09. The topological polar surface area (TPSA) is 83.9 Å². The van der Waals surface area contributed by atoms with Gasteiger partial charge < -0.3 is 20.4 Å². The standard InChI is InChI=1S/C16H17N3O2/c1-21-12-4-2-3-10(7-12)8-13(17)11-5-6-14-15(9-11)19-16(20)18-14/h2-7,9,13H,8,17H2,1H3,(H2,18,19,20). The van der Waals surface area contributed by atoms with Crippen molar-refractivity contribution in [1.29, 1.82) is 0 Å². The fourth-order valence-corrected chi connectivity index (χ4v) is 2.45. The molecule has 21 heavy (non-hydrogen) atoms. The summed E-state index contributed by atoms with van der Waals surface area (Å²) >= 11 is 0. The molecule has 0 saturated carbocycles. The van der Waals surface area contributed by atoms with E-state index in [1.165, 1.54) is 0 Å². The second-order valence-corrected chi connectivity index (χ2v) is 5.05. The molecule has 5 nitrogen and oxygen atoms in total. The van der Waals surface area contributed by atoms with Gasteiger partial charge in [0.2, 0.25) is 0 Å². The summed E-state index contributed by atoms with van der Waals surface area (Å²) < 4.78 is 5.22. The van der Waals surface area contributed by atoms with Gasteiger partial charge in [0.15, 0.2) is 0 Å². The number of nitrogens with one attached hydrogen (secondary N) is 2. The van der Waals surface area contributed by atoms with Crippen LogP contribution in [0.15, 0.2) is 47.3 Å². The van der Waals surface area contributed by atoms with E-state index in [1.807, 2.05) is 42.5 Å². The fourth-order valence-electron chi connectivity index (χ4n) is 2.45. The number of fused-ring (bicyclic) bond motifs is 1. The minimum Gasteiger partial charge on any atom is -0.497 e. The van der Waals surface area contributed by atoms with E-state index in [1.54, 1.807) is 7.11 Å². The van der Waals surface area contributed by atoms with Crippen molar-refractivity contribution in [1.82, 2.24) is 9.97 Å². The van der Waals surface area contributed by atoms with Crippen LogP contribution >= 0.6 is 0 Å². The van der Waals surface area contributed by atoms with Crippen molar-refractivity contribution in [3.05, 3.63) is 64.1 Å². The molecule has 0 aliphatic rings. The normalized spacial score (nSPS) is 12.5. The number of hydrogen-bond acceptors (Lipinski definition) is 3. The highest BCUT2D eigenvalue weighted by molar-refractivity contribution is 5.75. The Hall–Kier alpha value is -2.53. The summed E-state index contributed by atoms with van der Waals surface area (Å²) in [6, 6.07) is 13.5. The smallest absolute Gasteiger partial charge is 0.323 e. The molecule has 5 heteroatoms. The van der Waals surface area contributed by atoms with Crippen LogP contribution in [-0.2, 0) is 6.42 Å². The van der Waals surface area contributed by atoms with Crippen LogP contribution in [0.1, 0.15) is 17.2 Å². The zero-order valence-corrected chi connectivity index (χ0v) is 11.7. The van der Waals surface area contributed by atoms with Crippen LogP contribution in [0.5, 0.6) is 5.75 Å². The van der Waals surface area contributed by atoms with Crippen LogP contribution in [0.2, 0.25) is 0 Å². The Labute approximate surface area is 121 Å². The predicted molar refractivity (Wildman–Crippen MR) is 82.5 cm³/mol. The number of imidazole rings is 1. The molecular weight excluding hydrogens is 266 g/mol. The first kappa shape index (κ1) is 13.5. The van der Waals surface area contributed by atoms with Crippen molar-refractivity contribution in [3.63, 3.8) is 0 Å². The molecule has 0 bridgehead atoms. The Bertz CT molecular complexity index is 820. The monoisotopic (exact) mass is 283 g/mol. The van der Waals surface area contributed by atoms with Crippen molar-refractivity contribution in [3.8, 4) is 5.75 Å². The number of benzene rings is 2.